The summed E-state index contributed by atoms with van der Waals surface area (Å²) >= 11 is 11.6. The van der Waals surface area contributed by atoms with Crippen LogP contribution in [0, 0.1) is 6.92 Å². The first-order valence-corrected chi connectivity index (χ1v) is 6.55. The summed E-state index contributed by atoms with van der Waals surface area (Å²) in [5, 5.41) is 3.65. The van der Waals surface area contributed by atoms with Crippen LogP contribution < -0.4 is 10.1 Å². The van der Waals surface area contributed by atoms with Crippen molar-refractivity contribution < 1.29 is 9.53 Å². The molecule has 1 heterocycles. The van der Waals surface area contributed by atoms with Crippen LogP contribution in [-0.4, -0.2) is 18.0 Å². The number of anilines is 1. The number of amides is 1. The van der Waals surface area contributed by atoms with E-state index in [9.17, 15) is 4.79 Å². The van der Waals surface area contributed by atoms with E-state index in [0.717, 1.165) is 0 Å². The summed E-state index contributed by atoms with van der Waals surface area (Å²) in [6.45, 7) is 1.76. The van der Waals surface area contributed by atoms with E-state index in [2.05, 4.69) is 10.3 Å². The van der Waals surface area contributed by atoms with E-state index in [4.69, 9.17) is 27.9 Å². The van der Waals surface area contributed by atoms with Gasteiger partial charge in [-0.3, -0.25) is 4.79 Å². The van der Waals surface area contributed by atoms with Crippen molar-refractivity contribution in [1.29, 1.82) is 0 Å². The number of hydrogen-bond acceptors (Lipinski definition) is 3. The van der Waals surface area contributed by atoms with E-state index in [1.54, 1.807) is 37.3 Å². The maximum atomic E-state index is 12.2. The Bertz CT molecular complexity index is 660. The minimum atomic E-state index is -0.300. The number of rotatable bonds is 3. The van der Waals surface area contributed by atoms with Gasteiger partial charge in [-0.2, -0.15) is 0 Å². The predicted molar refractivity (Wildman–Crippen MR) is 79.9 cm³/mol. The van der Waals surface area contributed by atoms with E-state index < -0.39 is 0 Å². The third kappa shape index (κ3) is 3.21. The Morgan fingerprint density at radius 3 is 2.65 bits per heavy atom. The summed E-state index contributed by atoms with van der Waals surface area (Å²) in [6.07, 6.45) is 0. The van der Waals surface area contributed by atoms with Gasteiger partial charge in [0.1, 0.15) is 10.9 Å². The van der Waals surface area contributed by atoms with Gasteiger partial charge in [0.05, 0.1) is 24.1 Å². The van der Waals surface area contributed by atoms with Crippen molar-refractivity contribution in [2.24, 2.45) is 0 Å². The van der Waals surface area contributed by atoms with Crippen molar-refractivity contribution in [2.75, 3.05) is 12.4 Å². The lowest BCUT2D eigenvalue weighted by Crippen LogP contribution is -2.14. The van der Waals surface area contributed by atoms with Gasteiger partial charge in [0.2, 0.25) is 0 Å². The number of nitrogens with one attached hydrogen (secondary N) is 1. The van der Waals surface area contributed by atoms with Crippen LogP contribution in [-0.2, 0) is 0 Å². The molecule has 0 radical (unpaired) electrons. The van der Waals surface area contributed by atoms with Gasteiger partial charge in [-0.1, -0.05) is 23.2 Å². The molecule has 0 saturated carbocycles. The fourth-order valence-electron chi connectivity index (χ4n) is 1.70. The first-order chi connectivity index (χ1) is 9.51. The van der Waals surface area contributed by atoms with Crippen molar-refractivity contribution in [2.45, 2.75) is 6.92 Å². The SMILES string of the molecule is COc1cc(Cl)ccc1C(=O)Nc1ccc(Cl)nc1C. The van der Waals surface area contributed by atoms with Crippen LogP contribution in [0.4, 0.5) is 5.69 Å². The maximum Gasteiger partial charge on any atom is 0.259 e. The lowest BCUT2D eigenvalue weighted by Gasteiger charge is -2.11. The largest absolute Gasteiger partial charge is 0.496 e. The molecule has 0 aliphatic rings. The average molecular weight is 311 g/mol. The number of aromatic nitrogens is 1. The Kier molecular flexibility index (Phi) is 4.47. The van der Waals surface area contributed by atoms with E-state index in [0.29, 0.717) is 32.9 Å². The zero-order valence-corrected chi connectivity index (χ0v) is 12.4. The van der Waals surface area contributed by atoms with Crippen molar-refractivity contribution in [1.82, 2.24) is 4.98 Å². The predicted octanol–water partition coefficient (Wildman–Crippen LogP) is 3.96. The highest BCUT2D eigenvalue weighted by molar-refractivity contribution is 6.31. The van der Waals surface area contributed by atoms with Crippen molar-refractivity contribution in [3.63, 3.8) is 0 Å². The van der Waals surface area contributed by atoms with Crippen LogP contribution >= 0.6 is 23.2 Å². The molecule has 0 saturated heterocycles. The summed E-state index contributed by atoms with van der Waals surface area (Å²) in [4.78, 5) is 16.3. The number of hydrogen-bond donors (Lipinski definition) is 1. The number of halogens is 2. The van der Waals surface area contributed by atoms with Gasteiger partial charge in [-0.15, -0.1) is 0 Å². The van der Waals surface area contributed by atoms with Gasteiger partial charge in [0.25, 0.3) is 5.91 Å². The topological polar surface area (TPSA) is 51.2 Å². The van der Waals surface area contributed by atoms with Gasteiger partial charge >= 0.3 is 0 Å². The summed E-state index contributed by atoms with van der Waals surface area (Å²) < 4.78 is 5.15. The average Bonchev–Trinajstić information content (AvgIpc) is 2.41. The molecule has 0 aliphatic heterocycles. The number of pyridine rings is 1. The van der Waals surface area contributed by atoms with E-state index >= 15 is 0 Å². The highest BCUT2D eigenvalue weighted by Gasteiger charge is 2.14. The molecule has 4 nitrogen and oxygen atoms in total. The van der Waals surface area contributed by atoms with E-state index in [1.807, 2.05) is 0 Å². The molecule has 0 fully saturated rings. The number of benzene rings is 1. The number of nitrogens with zero attached hydrogens (tertiary/aromatic N) is 1. The molecule has 2 rings (SSSR count). The Labute approximate surface area is 126 Å². The normalized spacial score (nSPS) is 10.2. The minimum absolute atomic E-state index is 0.300. The lowest BCUT2D eigenvalue weighted by molar-refractivity contribution is 0.102. The number of aryl methyl sites for hydroxylation is 1. The standard InChI is InChI=1S/C14H12Cl2N2O2/c1-8-11(5-6-13(16)17-8)18-14(19)10-4-3-9(15)7-12(10)20-2/h3-7H,1-2H3,(H,18,19). The van der Waals surface area contributed by atoms with Gasteiger partial charge in [0, 0.05) is 5.02 Å². The molecule has 0 atom stereocenters. The van der Waals surface area contributed by atoms with Crippen molar-refractivity contribution in [3.05, 3.63) is 51.8 Å². The molecule has 20 heavy (non-hydrogen) atoms. The molecule has 0 aliphatic carbocycles. The number of ether oxygens (including phenoxy) is 1. The molecule has 0 bridgehead atoms. The molecule has 6 heteroatoms. The second-order valence-corrected chi connectivity index (χ2v) is 4.89. The first kappa shape index (κ1) is 14.6. The zero-order chi connectivity index (χ0) is 14.7. The third-order valence-electron chi connectivity index (χ3n) is 2.71. The smallest absolute Gasteiger partial charge is 0.259 e. The Balaban J connectivity index is 2.28. The quantitative estimate of drug-likeness (QED) is 0.873. The fraction of sp³-hybridized carbons (Fsp3) is 0.143. The molecule has 1 aromatic heterocycles. The Morgan fingerprint density at radius 2 is 2.00 bits per heavy atom. The van der Waals surface area contributed by atoms with Crippen LogP contribution in [0.25, 0.3) is 0 Å². The highest BCUT2D eigenvalue weighted by Crippen LogP contribution is 2.24. The summed E-state index contributed by atoms with van der Waals surface area (Å²) in [5.41, 5.74) is 1.63. The first-order valence-electron chi connectivity index (χ1n) is 5.79. The second-order valence-electron chi connectivity index (χ2n) is 4.07. The Hall–Kier alpha value is -1.78. The molecule has 104 valence electrons. The molecule has 1 amide bonds. The molecule has 0 unspecified atom stereocenters. The maximum absolute atomic E-state index is 12.2. The molecular weight excluding hydrogens is 299 g/mol. The van der Waals surface area contributed by atoms with Crippen LogP contribution in [0.3, 0.4) is 0 Å². The summed E-state index contributed by atoms with van der Waals surface area (Å²) in [6, 6.07) is 8.14. The minimum Gasteiger partial charge on any atom is -0.496 e. The number of carbonyl (C=O) groups is 1. The molecule has 2 aromatic rings. The monoisotopic (exact) mass is 310 g/mol. The van der Waals surface area contributed by atoms with Crippen molar-refractivity contribution >= 4 is 34.8 Å². The van der Waals surface area contributed by atoms with E-state index in [-0.39, 0.29) is 5.91 Å². The Morgan fingerprint density at radius 1 is 1.25 bits per heavy atom. The molecular formula is C14H12Cl2N2O2. The van der Waals surface area contributed by atoms with Gasteiger partial charge < -0.3 is 10.1 Å². The van der Waals surface area contributed by atoms with Gasteiger partial charge in [-0.05, 0) is 37.3 Å². The molecule has 1 aromatic carbocycles. The highest BCUT2D eigenvalue weighted by atomic mass is 35.5. The van der Waals surface area contributed by atoms with E-state index in [1.165, 1.54) is 7.11 Å². The molecule has 0 spiro atoms. The summed E-state index contributed by atoms with van der Waals surface area (Å²) in [5.74, 6) is 0.111. The zero-order valence-electron chi connectivity index (χ0n) is 10.9. The van der Waals surface area contributed by atoms with Crippen molar-refractivity contribution in [3.8, 4) is 5.75 Å². The van der Waals surface area contributed by atoms with Gasteiger partial charge in [-0.25, -0.2) is 4.98 Å². The van der Waals surface area contributed by atoms with Crippen LogP contribution in [0.1, 0.15) is 16.1 Å². The molecule has 1 N–H and O–H groups in total. The second kappa shape index (κ2) is 6.11. The van der Waals surface area contributed by atoms with Crippen LogP contribution in [0.5, 0.6) is 5.75 Å². The summed E-state index contributed by atoms with van der Waals surface area (Å²) in [7, 11) is 1.48. The van der Waals surface area contributed by atoms with Crippen LogP contribution in [0.15, 0.2) is 30.3 Å². The fourth-order valence-corrected chi connectivity index (χ4v) is 2.06. The third-order valence-corrected chi connectivity index (χ3v) is 3.15. The number of carbonyl (C=O) groups excluding carboxylic acids is 1. The number of methoxy groups -OCH3 is 1. The van der Waals surface area contributed by atoms with Gasteiger partial charge in [0.15, 0.2) is 0 Å². The van der Waals surface area contributed by atoms with Crippen LogP contribution in [0.2, 0.25) is 10.2 Å². The lowest BCUT2D eigenvalue weighted by atomic mass is 10.2.